The Morgan fingerprint density at radius 2 is 1.93 bits per heavy atom. The minimum atomic E-state index is -0.553. The van der Waals surface area contributed by atoms with Crippen molar-refractivity contribution in [2.75, 3.05) is 20.1 Å². The summed E-state index contributed by atoms with van der Waals surface area (Å²) >= 11 is 5.56. The van der Waals surface area contributed by atoms with Crippen molar-refractivity contribution in [2.24, 2.45) is 0 Å². The number of rotatable bonds is 5. The molecule has 0 aliphatic heterocycles. The Morgan fingerprint density at radius 3 is 2.47 bits per heavy atom. The van der Waals surface area contributed by atoms with E-state index in [0.717, 1.165) is 5.56 Å². The van der Waals surface area contributed by atoms with E-state index < -0.39 is 6.10 Å². The topological polar surface area (TPSA) is 38.7 Å². The number of hydrogen-bond donors (Lipinski definition) is 1. The summed E-state index contributed by atoms with van der Waals surface area (Å²) in [6.07, 6.45) is -0.0286. The molecule has 1 rings (SSSR count). The predicted octanol–water partition coefficient (Wildman–Crippen LogP) is 2.37. The molecule has 15 heavy (non-hydrogen) atoms. The molecule has 0 aromatic heterocycles. The van der Waals surface area contributed by atoms with Gasteiger partial charge in [-0.2, -0.15) is 0 Å². The van der Waals surface area contributed by atoms with Crippen LogP contribution < -0.4 is 9.47 Å². The molecular formula is C11H15ClO3. The van der Waals surface area contributed by atoms with E-state index in [1.54, 1.807) is 32.4 Å². The third-order valence-corrected chi connectivity index (χ3v) is 2.39. The Morgan fingerprint density at radius 1 is 1.27 bits per heavy atom. The molecule has 0 aliphatic carbocycles. The van der Waals surface area contributed by atoms with Crippen LogP contribution in [-0.2, 0) is 0 Å². The highest BCUT2D eigenvalue weighted by molar-refractivity contribution is 6.17. The Hall–Kier alpha value is -0.930. The zero-order valence-corrected chi connectivity index (χ0v) is 9.62. The molecule has 0 heterocycles. The number of alkyl halides is 1. The van der Waals surface area contributed by atoms with Crippen LogP contribution in [0.25, 0.3) is 0 Å². The molecule has 1 atom stereocenters. The van der Waals surface area contributed by atoms with Crippen LogP contribution >= 0.6 is 11.6 Å². The van der Waals surface area contributed by atoms with E-state index in [-0.39, 0.29) is 0 Å². The summed E-state index contributed by atoms with van der Waals surface area (Å²) in [5.41, 5.74) is 0.785. The van der Waals surface area contributed by atoms with Crippen molar-refractivity contribution in [3.63, 3.8) is 0 Å². The third-order valence-electron chi connectivity index (χ3n) is 2.17. The molecule has 0 amide bonds. The molecule has 3 nitrogen and oxygen atoms in total. The molecule has 0 aliphatic rings. The van der Waals surface area contributed by atoms with Crippen LogP contribution in [-0.4, -0.2) is 25.2 Å². The maximum Gasteiger partial charge on any atom is 0.161 e. The fourth-order valence-corrected chi connectivity index (χ4v) is 1.54. The molecule has 0 saturated carbocycles. The summed E-state index contributed by atoms with van der Waals surface area (Å²) in [5.74, 6) is 1.69. The van der Waals surface area contributed by atoms with Crippen LogP contribution in [0.15, 0.2) is 18.2 Å². The second kappa shape index (κ2) is 5.83. The average Bonchev–Trinajstić information content (AvgIpc) is 2.28. The van der Waals surface area contributed by atoms with Gasteiger partial charge in [-0.25, -0.2) is 0 Å². The van der Waals surface area contributed by atoms with Gasteiger partial charge < -0.3 is 14.6 Å². The van der Waals surface area contributed by atoms with Crippen LogP contribution in [0.4, 0.5) is 0 Å². The summed E-state index contributed by atoms with van der Waals surface area (Å²) in [5, 5.41) is 9.72. The van der Waals surface area contributed by atoms with Crippen molar-refractivity contribution in [3.05, 3.63) is 23.8 Å². The molecule has 1 aromatic carbocycles. The summed E-state index contributed by atoms with van der Waals surface area (Å²) in [4.78, 5) is 0. The van der Waals surface area contributed by atoms with E-state index in [0.29, 0.717) is 23.8 Å². The zero-order valence-electron chi connectivity index (χ0n) is 8.87. The lowest BCUT2D eigenvalue weighted by atomic mass is 10.1. The van der Waals surface area contributed by atoms with Crippen molar-refractivity contribution in [1.29, 1.82) is 0 Å². The van der Waals surface area contributed by atoms with E-state index in [4.69, 9.17) is 21.1 Å². The molecule has 0 spiro atoms. The SMILES string of the molecule is COc1ccc(C(O)CCCl)cc1OC. The highest BCUT2D eigenvalue weighted by Gasteiger charge is 2.10. The molecule has 0 fully saturated rings. The van der Waals surface area contributed by atoms with Gasteiger partial charge >= 0.3 is 0 Å². The van der Waals surface area contributed by atoms with Crippen molar-refractivity contribution >= 4 is 11.6 Å². The normalized spacial score (nSPS) is 12.3. The highest BCUT2D eigenvalue weighted by atomic mass is 35.5. The van der Waals surface area contributed by atoms with Gasteiger partial charge in [-0.15, -0.1) is 11.6 Å². The first kappa shape index (κ1) is 12.1. The molecule has 84 valence electrons. The minimum Gasteiger partial charge on any atom is -0.493 e. The monoisotopic (exact) mass is 230 g/mol. The molecule has 1 aromatic rings. The standard InChI is InChI=1S/C11H15ClO3/c1-14-10-4-3-8(7-11(10)15-2)9(13)5-6-12/h3-4,7,9,13H,5-6H2,1-2H3. The maximum atomic E-state index is 9.72. The number of methoxy groups -OCH3 is 2. The number of halogens is 1. The van der Waals surface area contributed by atoms with Crippen molar-refractivity contribution < 1.29 is 14.6 Å². The van der Waals surface area contributed by atoms with Crippen molar-refractivity contribution in [2.45, 2.75) is 12.5 Å². The van der Waals surface area contributed by atoms with Gasteiger partial charge in [0.15, 0.2) is 11.5 Å². The molecule has 0 radical (unpaired) electrons. The van der Waals surface area contributed by atoms with Gasteiger partial charge in [0.05, 0.1) is 20.3 Å². The van der Waals surface area contributed by atoms with Crippen LogP contribution in [0, 0.1) is 0 Å². The molecule has 4 heteroatoms. The number of ether oxygens (including phenoxy) is 2. The van der Waals surface area contributed by atoms with E-state index >= 15 is 0 Å². The van der Waals surface area contributed by atoms with Crippen molar-refractivity contribution in [1.82, 2.24) is 0 Å². The smallest absolute Gasteiger partial charge is 0.161 e. The predicted molar refractivity (Wildman–Crippen MR) is 59.8 cm³/mol. The van der Waals surface area contributed by atoms with E-state index in [1.165, 1.54) is 0 Å². The largest absolute Gasteiger partial charge is 0.493 e. The summed E-state index contributed by atoms with van der Waals surface area (Å²) in [6, 6.07) is 5.33. The van der Waals surface area contributed by atoms with Crippen LogP contribution in [0.3, 0.4) is 0 Å². The maximum absolute atomic E-state index is 9.72. The van der Waals surface area contributed by atoms with Crippen LogP contribution in [0.5, 0.6) is 11.5 Å². The quantitative estimate of drug-likeness (QED) is 0.790. The summed E-state index contributed by atoms with van der Waals surface area (Å²) in [7, 11) is 3.14. The number of aliphatic hydroxyl groups excluding tert-OH is 1. The molecule has 0 bridgehead atoms. The van der Waals surface area contributed by atoms with Crippen LogP contribution in [0.2, 0.25) is 0 Å². The van der Waals surface area contributed by atoms with E-state index in [2.05, 4.69) is 0 Å². The van der Waals surface area contributed by atoms with Gasteiger partial charge in [0.2, 0.25) is 0 Å². The van der Waals surface area contributed by atoms with Gasteiger partial charge in [-0.1, -0.05) is 6.07 Å². The first-order chi connectivity index (χ1) is 7.22. The molecule has 1 unspecified atom stereocenters. The lowest BCUT2D eigenvalue weighted by molar-refractivity contribution is 0.174. The molecule has 0 saturated heterocycles. The fourth-order valence-electron chi connectivity index (χ4n) is 1.33. The average molecular weight is 231 g/mol. The van der Waals surface area contributed by atoms with E-state index in [9.17, 15) is 5.11 Å². The Balaban J connectivity index is 2.92. The van der Waals surface area contributed by atoms with Gasteiger partial charge in [0.1, 0.15) is 0 Å². The fraction of sp³-hybridized carbons (Fsp3) is 0.455. The molecular weight excluding hydrogens is 216 g/mol. The summed E-state index contributed by atoms with van der Waals surface area (Å²) in [6.45, 7) is 0. The first-order valence-corrected chi connectivity index (χ1v) is 5.22. The molecule has 1 N–H and O–H groups in total. The summed E-state index contributed by atoms with van der Waals surface area (Å²) < 4.78 is 10.2. The lowest BCUT2D eigenvalue weighted by Crippen LogP contribution is -1.99. The van der Waals surface area contributed by atoms with Crippen LogP contribution in [0.1, 0.15) is 18.1 Å². The highest BCUT2D eigenvalue weighted by Crippen LogP contribution is 2.30. The Bertz CT molecular complexity index is 315. The zero-order chi connectivity index (χ0) is 11.3. The number of benzene rings is 1. The second-order valence-electron chi connectivity index (χ2n) is 3.11. The number of hydrogen-bond acceptors (Lipinski definition) is 3. The Kier molecular flexibility index (Phi) is 4.72. The lowest BCUT2D eigenvalue weighted by Gasteiger charge is -2.13. The van der Waals surface area contributed by atoms with Crippen molar-refractivity contribution in [3.8, 4) is 11.5 Å². The Labute approximate surface area is 94.6 Å². The van der Waals surface area contributed by atoms with E-state index in [1.807, 2.05) is 0 Å². The van der Waals surface area contributed by atoms with Gasteiger partial charge in [-0.05, 0) is 24.1 Å². The first-order valence-electron chi connectivity index (χ1n) is 4.69. The van der Waals surface area contributed by atoms with Gasteiger partial charge in [0, 0.05) is 5.88 Å². The second-order valence-corrected chi connectivity index (χ2v) is 3.49. The number of aliphatic hydroxyl groups is 1. The van der Waals surface area contributed by atoms with Gasteiger partial charge in [0.25, 0.3) is 0 Å². The van der Waals surface area contributed by atoms with Gasteiger partial charge in [-0.3, -0.25) is 0 Å². The third kappa shape index (κ3) is 3.01. The minimum absolute atomic E-state index is 0.426.